The molecule has 0 radical (unpaired) electrons. The number of piperazine rings is 1. The van der Waals surface area contributed by atoms with Gasteiger partial charge in [0.2, 0.25) is 5.91 Å². The van der Waals surface area contributed by atoms with Crippen molar-refractivity contribution in [1.82, 2.24) is 14.8 Å². The Kier molecular flexibility index (Phi) is 5.78. The first-order valence-corrected chi connectivity index (χ1v) is 9.74. The van der Waals surface area contributed by atoms with Gasteiger partial charge in [0.05, 0.1) is 5.02 Å². The van der Waals surface area contributed by atoms with Crippen molar-refractivity contribution < 1.29 is 14.3 Å². The summed E-state index contributed by atoms with van der Waals surface area (Å²) in [5.41, 5.74) is 2.01. The molecule has 0 bridgehead atoms. The molecule has 2 aliphatic rings. The van der Waals surface area contributed by atoms with Gasteiger partial charge in [0, 0.05) is 51.2 Å². The molecule has 1 amide bonds. The van der Waals surface area contributed by atoms with Gasteiger partial charge in [0.25, 0.3) is 0 Å². The summed E-state index contributed by atoms with van der Waals surface area (Å²) in [6.45, 7) is 4.98. The Labute approximate surface area is 169 Å². The van der Waals surface area contributed by atoms with Gasteiger partial charge < -0.3 is 14.4 Å². The number of carbonyl (C=O) groups excluding carboxylic acids is 1. The molecule has 0 saturated carbocycles. The second-order valence-electron chi connectivity index (χ2n) is 6.82. The van der Waals surface area contributed by atoms with Gasteiger partial charge in [-0.1, -0.05) is 17.7 Å². The molecule has 1 saturated heterocycles. The maximum atomic E-state index is 12.5. The Morgan fingerprint density at radius 3 is 2.79 bits per heavy atom. The summed E-state index contributed by atoms with van der Waals surface area (Å²) in [6.07, 6.45) is 7.03. The molecule has 4 rings (SSSR count). The molecule has 6 nitrogen and oxygen atoms in total. The summed E-state index contributed by atoms with van der Waals surface area (Å²) in [4.78, 5) is 20.9. The molecular weight excluding hydrogens is 378 g/mol. The first-order chi connectivity index (χ1) is 13.7. The Hall–Kier alpha value is -2.57. The van der Waals surface area contributed by atoms with Crippen molar-refractivity contribution in [2.24, 2.45) is 0 Å². The fraction of sp³-hybridized carbons (Fsp3) is 0.333. The number of aromatic nitrogens is 1. The smallest absolute Gasteiger partial charge is 0.246 e. The van der Waals surface area contributed by atoms with Gasteiger partial charge in [-0.2, -0.15) is 0 Å². The van der Waals surface area contributed by atoms with E-state index in [9.17, 15) is 4.79 Å². The normalized spacial score (nSPS) is 17.1. The number of benzene rings is 1. The third-order valence-electron chi connectivity index (χ3n) is 4.85. The van der Waals surface area contributed by atoms with Crippen molar-refractivity contribution in [1.29, 1.82) is 0 Å². The minimum Gasteiger partial charge on any atom is -0.486 e. The van der Waals surface area contributed by atoms with Crippen LogP contribution in [-0.4, -0.2) is 60.1 Å². The summed E-state index contributed by atoms with van der Waals surface area (Å²) in [5.74, 6) is 1.20. The quantitative estimate of drug-likeness (QED) is 0.740. The highest BCUT2D eigenvalue weighted by molar-refractivity contribution is 6.32. The number of hydrogen-bond donors (Lipinski definition) is 0. The van der Waals surface area contributed by atoms with Gasteiger partial charge in [-0.25, -0.2) is 0 Å². The van der Waals surface area contributed by atoms with Gasteiger partial charge in [0.1, 0.15) is 13.2 Å². The van der Waals surface area contributed by atoms with E-state index < -0.39 is 0 Å². The molecule has 1 aromatic carbocycles. The van der Waals surface area contributed by atoms with Crippen molar-refractivity contribution in [3.63, 3.8) is 0 Å². The van der Waals surface area contributed by atoms with E-state index in [0.29, 0.717) is 42.8 Å². The van der Waals surface area contributed by atoms with E-state index in [-0.39, 0.29) is 5.91 Å². The van der Waals surface area contributed by atoms with E-state index in [1.54, 1.807) is 24.4 Å². The first-order valence-electron chi connectivity index (χ1n) is 9.36. The fourth-order valence-electron chi connectivity index (χ4n) is 3.38. The highest BCUT2D eigenvalue weighted by Gasteiger charge is 2.20. The van der Waals surface area contributed by atoms with Gasteiger partial charge >= 0.3 is 0 Å². The lowest BCUT2D eigenvalue weighted by Crippen LogP contribution is -2.47. The largest absolute Gasteiger partial charge is 0.486 e. The summed E-state index contributed by atoms with van der Waals surface area (Å²) in [6, 6.07) is 7.65. The molecule has 0 spiro atoms. The van der Waals surface area contributed by atoms with Crippen LogP contribution in [0, 0.1) is 0 Å². The predicted octanol–water partition coefficient (Wildman–Crippen LogP) is 2.86. The number of nitrogens with zero attached hydrogens (tertiary/aromatic N) is 3. The van der Waals surface area contributed by atoms with Crippen LogP contribution in [0.4, 0.5) is 0 Å². The van der Waals surface area contributed by atoms with Crippen molar-refractivity contribution in [3.05, 3.63) is 58.9 Å². The van der Waals surface area contributed by atoms with Crippen LogP contribution in [0.1, 0.15) is 11.1 Å². The van der Waals surface area contributed by atoms with E-state index in [1.165, 1.54) is 5.56 Å². The highest BCUT2D eigenvalue weighted by atomic mass is 35.5. The SMILES string of the molecule is O=C(/C=C/c1cc(Cl)c2c(c1)OCCO2)N1CCN(Cc2cccnc2)CC1. The number of amides is 1. The minimum atomic E-state index is 0.00652. The number of rotatable bonds is 4. The zero-order chi connectivity index (χ0) is 19.3. The number of halogens is 1. The number of carbonyl (C=O) groups is 1. The van der Waals surface area contributed by atoms with E-state index in [0.717, 1.165) is 25.2 Å². The highest BCUT2D eigenvalue weighted by Crippen LogP contribution is 2.38. The molecule has 1 aromatic heterocycles. The van der Waals surface area contributed by atoms with Gasteiger partial charge in [-0.05, 0) is 35.4 Å². The standard InChI is InChI=1S/C21H22ClN3O3/c22-18-12-16(13-19-21(18)28-11-10-27-19)3-4-20(26)25-8-6-24(7-9-25)15-17-2-1-5-23-14-17/h1-5,12-14H,6-11,15H2/b4-3+. The maximum absolute atomic E-state index is 12.5. The second kappa shape index (κ2) is 8.63. The van der Waals surface area contributed by atoms with Gasteiger partial charge in [-0.15, -0.1) is 0 Å². The number of hydrogen-bond acceptors (Lipinski definition) is 5. The summed E-state index contributed by atoms with van der Waals surface area (Å²) in [7, 11) is 0. The molecule has 0 unspecified atom stereocenters. The molecule has 2 aromatic rings. The number of ether oxygens (including phenoxy) is 2. The molecule has 146 valence electrons. The van der Waals surface area contributed by atoms with E-state index in [1.807, 2.05) is 23.2 Å². The lowest BCUT2D eigenvalue weighted by molar-refractivity contribution is -0.127. The van der Waals surface area contributed by atoms with Crippen LogP contribution in [0.3, 0.4) is 0 Å². The van der Waals surface area contributed by atoms with Crippen molar-refractivity contribution >= 4 is 23.6 Å². The van der Waals surface area contributed by atoms with Crippen LogP contribution in [-0.2, 0) is 11.3 Å². The molecular formula is C21H22ClN3O3. The molecule has 28 heavy (non-hydrogen) atoms. The van der Waals surface area contributed by atoms with Crippen LogP contribution in [0.25, 0.3) is 6.08 Å². The minimum absolute atomic E-state index is 0.00652. The van der Waals surface area contributed by atoms with Crippen LogP contribution in [0.2, 0.25) is 5.02 Å². The topological polar surface area (TPSA) is 54.9 Å². The number of fused-ring (bicyclic) bond motifs is 1. The molecule has 0 N–H and O–H groups in total. The Morgan fingerprint density at radius 2 is 2.00 bits per heavy atom. The average Bonchev–Trinajstić information content (AvgIpc) is 2.73. The molecule has 3 heterocycles. The number of pyridine rings is 1. The first kappa shape index (κ1) is 18.8. The zero-order valence-electron chi connectivity index (χ0n) is 15.5. The Balaban J connectivity index is 1.33. The summed E-state index contributed by atoms with van der Waals surface area (Å²) in [5, 5.41) is 0.494. The van der Waals surface area contributed by atoms with Crippen molar-refractivity contribution in [3.8, 4) is 11.5 Å². The fourth-order valence-corrected chi connectivity index (χ4v) is 3.65. The van der Waals surface area contributed by atoms with Gasteiger partial charge in [-0.3, -0.25) is 14.7 Å². The van der Waals surface area contributed by atoms with Crippen LogP contribution in [0.5, 0.6) is 11.5 Å². The summed E-state index contributed by atoms with van der Waals surface area (Å²) < 4.78 is 11.1. The average molecular weight is 400 g/mol. The zero-order valence-corrected chi connectivity index (χ0v) is 16.3. The third-order valence-corrected chi connectivity index (χ3v) is 5.13. The van der Waals surface area contributed by atoms with Crippen LogP contribution in [0.15, 0.2) is 42.7 Å². The van der Waals surface area contributed by atoms with Crippen molar-refractivity contribution in [2.45, 2.75) is 6.54 Å². The third kappa shape index (κ3) is 4.46. The van der Waals surface area contributed by atoms with Crippen molar-refractivity contribution in [2.75, 3.05) is 39.4 Å². The van der Waals surface area contributed by atoms with Crippen LogP contribution >= 0.6 is 11.6 Å². The Bertz CT molecular complexity index is 865. The molecule has 2 aliphatic heterocycles. The monoisotopic (exact) mass is 399 g/mol. The Morgan fingerprint density at radius 1 is 1.18 bits per heavy atom. The maximum Gasteiger partial charge on any atom is 0.246 e. The second-order valence-corrected chi connectivity index (χ2v) is 7.23. The molecule has 0 aliphatic carbocycles. The molecule has 7 heteroatoms. The lowest BCUT2D eigenvalue weighted by Gasteiger charge is -2.34. The van der Waals surface area contributed by atoms with Gasteiger partial charge in [0.15, 0.2) is 11.5 Å². The summed E-state index contributed by atoms with van der Waals surface area (Å²) >= 11 is 6.25. The molecule has 1 fully saturated rings. The van der Waals surface area contributed by atoms with E-state index >= 15 is 0 Å². The molecule has 0 atom stereocenters. The lowest BCUT2D eigenvalue weighted by atomic mass is 10.1. The van der Waals surface area contributed by atoms with E-state index in [2.05, 4.69) is 16.0 Å². The predicted molar refractivity (Wildman–Crippen MR) is 108 cm³/mol. The van der Waals surface area contributed by atoms with E-state index in [4.69, 9.17) is 21.1 Å². The van der Waals surface area contributed by atoms with Crippen LogP contribution < -0.4 is 9.47 Å².